The lowest BCUT2D eigenvalue weighted by Gasteiger charge is -2.38. The second-order valence-corrected chi connectivity index (χ2v) is 6.03. The highest BCUT2D eigenvalue weighted by molar-refractivity contribution is 5.76. The van der Waals surface area contributed by atoms with Gasteiger partial charge in [-0.3, -0.25) is 4.79 Å². The number of rotatable bonds is 9. The average Bonchev–Trinajstić information content (AvgIpc) is 2.59. The lowest BCUT2D eigenvalue weighted by Crippen LogP contribution is -2.61. The first-order valence-corrected chi connectivity index (χ1v) is 8.54. The van der Waals surface area contributed by atoms with Crippen molar-refractivity contribution >= 4 is 11.9 Å². The van der Waals surface area contributed by atoms with Crippen LogP contribution in [-0.2, 0) is 23.8 Å². The summed E-state index contributed by atoms with van der Waals surface area (Å²) in [6.45, 7) is 7.16. The summed E-state index contributed by atoms with van der Waals surface area (Å²) in [6.07, 6.45) is -4.11. The molecule has 1 fully saturated rings. The predicted octanol–water partition coefficient (Wildman–Crippen LogP) is 0.283. The predicted molar refractivity (Wildman–Crippen MR) is 87.2 cm³/mol. The molecule has 1 heterocycles. The van der Waals surface area contributed by atoms with E-state index in [9.17, 15) is 24.9 Å². The summed E-state index contributed by atoms with van der Waals surface area (Å²) in [5.41, 5.74) is 0. The third kappa shape index (κ3) is 5.78. The molecule has 5 atom stereocenters. The van der Waals surface area contributed by atoms with E-state index < -0.39 is 42.6 Å². The van der Waals surface area contributed by atoms with E-state index in [0.29, 0.717) is 12.8 Å². The zero-order valence-electron chi connectivity index (χ0n) is 14.7. The van der Waals surface area contributed by atoms with Crippen LogP contribution in [0.3, 0.4) is 0 Å². The summed E-state index contributed by atoms with van der Waals surface area (Å²) in [4.78, 5) is 24.2. The molecule has 1 aliphatic rings. The van der Waals surface area contributed by atoms with Crippen molar-refractivity contribution < 1.29 is 39.1 Å². The van der Waals surface area contributed by atoms with Crippen LogP contribution in [-0.4, -0.2) is 64.6 Å². The van der Waals surface area contributed by atoms with Gasteiger partial charge in [0.15, 0.2) is 6.10 Å². The van der Waals surface area contributed by atoms with Gasteiger partial charge in [0.2, 0.25) is 6.29 Å². The van der Waals surface area contributed by atoms with Crippen molar-refractivity contribution in [3.63, 3.8) is 0 Å². The number of aliphatic hydroxyl groups excluding tert-OH is 3. The molecule has 1 saturated heterocycles. The minimum absolute atomic E-state index is 0.108. The van der Waals surface area contributed by atoms with E-state index in [2.05, 4.69) is 6.58 Å². The molecule has 8 heteroatoms. The van der Waals surface area contributed by atoms with Crippen LogP contribution in [0.4, 0.5) is 0 Å². The summed E-state index contributed by atoms with van der Waals surface area (Å²) in [6, 6.07) is 0. The SMILES string of the molecule is C=CCOC(=O)C1O[C@@H](OC(=O)C(CCC)CCC)[C@@H](O)C(O)[C@@H]1O. The van der Waals surface area contributed by atoms with Gasteiger partial charge in [0.1, 0.15) is 24.9 Å². The van der Waals surface area contributed by atoms with E-state index in [1.807, 2.05) is 13.8 Å². The number of carbonyl (C=O) groups is 2. The molecular weight excluding hydrogens is 332 g/mol. The van der Waals surface area contributed by atoms with Crippen molar-refractivity contribution in [1.82, 2.24) is 0 Å². The summed E-state index contributed by atoms with van der Waals surface area (Å²) in [5.74, 6) is -1.88. The molecule has 0 aliphatic carbocycles. The van der Waals surface area contributed by atoms with E-state index in [1.165, 1.54) is 6.08 Å². The van der Waals surface area contributed by atoms with Gasteiger partial charge in [-0.25, -0.2) is 4.79 Å². The molecule has 8 nitrogen and oxygen atoms in total. The molecule has 0 radical (unpaired) electrons. The smallest absolute Gasteiger partial charge is 0.338 e. The third-order valence-corrected chi connectivity index (χ3v) is 3.99. The van der Waals surface area contributed by atoms with Crippen LogP contribution in [0, 0.1) is 5.92 Å². The molecule has 0 aromatic rings. The largest absolute Gasteiger partial charge is 0.459 e. The first-order chi connectivity index (χ1) is 11.9. The van der Waals surface area contributed by atoms with Crippen LogP contribution in [0.25, 0.3) is 0 Å². The van der Waals surface area contributed by atoms with Gasteiger partial charge in [-0.15, -0.1) is 0 Å². The molecular formula is C17H28O8. The number of hydrogen-bond acceptors (Lipinski definition) is 8. The van der Waals surface area contributed by atoms with Crippen LogP contribution in [0.5, 0.6) is 0 Å². The molecule has 3 N–H and O–H groups in total. The molecule has 0 aromatic heterocycles. The Bertz CT molecular complexity index is 446. The van der Waals surface area contributed by atoms with Crippen molar-refractivity contribution in [2.75, 3.05) is 6.61 Å². The highest BCUT2D eigenvalue weighted by Crippen LogP contribution is 2.25. The van der Waals surface area contributed by atoms with E-state index in [4.69, 9.17) is 14.2 Å². The molecule has 1 aliphatic heterocycles. The Labute approximate surface area is 147 Å². The molecule has 2 unspecified atom stereocenters. The fourth-order valence-corrected chi connectivity index (χ4v) is 2.65. The lowest BCUT2D eigenvalue weighted by molar-refractivity contribution is -0.288. The van der Waals surface area contributed by atoms with Crippen molar-refractivity contribution in [3.05, 3.63) is 12.7 Å². The quantitative estimate of drug-likeness (QED) is 0.396. The summed E-state index contributed by atoms with van der Waals surface area (Å²) in [7, 11) is 0. The van der Waals surface area contributed by atoms with Crippen molar-refractivity contribution in [1.29, 1.82) is 0 Å². The van der Waals surface area contributed by atoms with E-state index in [0.717, 1.165) is 12.8 Å². The average molecular weight is 360 g/mol. The number of hydrogen-bond donors (Lipinski definition) is 3. The molecule has 0 aromatic carbocycles. The lowest BCUT2D eigenvalue weighted by atomic mass is 9.97. The van der Waals surface area contributed by atoms with Crippen LogP contribution >= 0.6 is 0 Å². The standard InChI is InChI=1S/C17H28O8/c1-4-7-10(8-5-2)15(21)25-17-13(20)11(18)12(19)14(24-17)16(22)23-9-6-3/h6,10-14,17-20H,3-5,7-9H2,1-2H3/t11?,12-,13-,14?,17-/m0/s1. The maximum atomic E-state index is 12.3. The van der Waals surface area contributed by atoms with Gasteiger partial charge in [0.05, 0.1) is 5.92 Å². The normalized spacial score (nSPS) is 29.3. The first kappa shape index (κ1) is 21.6. The molecule has 0 amide bonds. The highest BCUT2D eigenvalue weighted by Gasteiger charge is 2.49. The Morgan fingerprint density at radius 3 is 2.24 bits per heavy atom. The second-order valence-electron chi connectivity index (χ2n) is 6.03. The van der Waals surface area contributed by atoms with Gasteiger partial charge in [-0.1, -0.05) is 39.3 Å². The molecule has 144 valence electrons. The molecule has 25 heavy (non-hydrogen) atoms. The highest BCUT2D eigenvalue weighted by atomic mass is 16.7. The summed E-state index contributed by atoms with van der Waals surface area (Å²) < 4.78 is 15.2. The van der Waals surface area contributed by atoms with E-state index in [-0.39, 0.29) is 12.5 Å². The Hall–Kier alpha value is -1.48. The Kier molecular flexibility index (Phi) is 9.05. The molecule has 0 bridgehead atoms. The number of esters is 2. The second kappa shape index (κ2) is 10.5. The van der Waals surface area contributed by atoms with Crippen LogP contribution < -0.4 is 0 Å². The van der Waals surface area contributed by atoms with Gasteiger partial charge in [0, 0.05) is 0 Å². The minimum atomic E-state index is -1.72. The van der Waals surface area contributed by atoms with Crippen LogP contribution in [0.2, 0.25) is 0 Å². The van der Waals surface area contributed by atoms with Gasteiger partial charge in [-0.2, -0.15) is 0 Å². The number of ether oxygens (including phenoxy) is 3. The van der Waals surface area contributed by atoms with E-state index >= 15 is 0 Å². The molecule has 0 saturated carbocycles. The van der Waals surface area contributed by atoms with Gasteiger partial charge in [0.25, 0.3) is 0 Å². The topological polar surface area (TPSA) is 123 Å². The Morgan fingerprint density at radius 1 is 1.12 bits per heavy atom. The Balaban J connectivity index is 2.81. The number of carbonyl (C=O) groups excluding carboxylic acids is 2. The summed E-state index contributed by atoms with van der Waals surface area (Å²) >= 11 is 0. The van der Waals surface area contributed by atoms with Crippen molar-refractivity contribution in [2.45, 2.75) is 70.2 Å². The number of aliphatic hydroxyl groups is 3. The van der Waals surface area contributed by atoms with Gasteiger partial charge >= 0.3 is 11.9 Å². The van der Waals surface area contributed by atoms with Gasteiger partial charge in [-0.05, 0) is 12.8 Å². The zero-order valence-corrected chi connectivity index (χ0v) is 14.7. The fraction of sp³-hybridized carbons (Fsp3) is 0.765. The summed E-state index contributed by atoms with van der Waals surface area (Å²) in [5, 5.41) is 29.8. The minimum Gasteiger partial charge on any atom is -0.459 e. The van der Waals surface area contributed by atoms with Crippen molar-refractivity contribution in [2.24, 2.45) is 5.92 Å². The fourth-order valence-electron chi connectivity index (χ4n) is 2.65. The maximum Gasteiger partial charge on any atom is 0.338 e. The van der Waals surface area contributed by atoms with Gasteiger partial charge < -0.3 is 29.5 Å². The van der Waals surface area contributed by atoms with E-state index in [1.54, 1.807) is 0 Å². The van der Waals surface area contributed by atoms with Crippen LogP contribution in [0.15, 0.2) is 12.7 Å². The zero-order chi connectivity index (χ0) is 19.0. The third-order valence-electron chi connectivity index (χ3n) is 3.99. The molecule has 1 rings (SSSR count). The van der Waals surface area contributed by atoms with Crippen molar-refractivity contribution in [3.8, 4) is 0 Å². The maximum absolute atomic E-state index is 12.3. The first-order valence-electron chi connectivity index (χ1n) is 8.54. The molecule has 0 spiro atoms. The van der Waals surface area contributed by atoms with Crippen LogP contribution in [0.1, 0.15) is 39.5 Å². The Morgan fingerprint density at radius 2 is 1.72 bits per heavy atom. The monoisotopic (exact) mass is 360 g/mol.